The highest BCUT2D eigenvalue weighted by atomic mass is 35.5. The zero-order chi connectivity index (χ0) is 19.4. The van der Waals surface area contributed by atoms with Gasteiger partial charge in [-0.2, -0.15) is 0 Å². The molecule has 7 heteroatoms. The van der Waals surface area contributed by atoms with E-state index in [2.05, 4.69) is 13.8 Å². The van der Waals surface area contributed by atoms with E-state index in [0.717, 1.165) is 17.3 Å². The largest absolute Gasteiger partial charge is 0.480 e. The van der Waals surface area contributed by atoms with Crippen LogP contribution in [0.1, 0.15) is 46.6 Å². The minimum Gasteiger partial charge on any atom is -0.480 e. The minimum absolute atomic E-state index is 0.234. The summed E-state index contributed by atoms with van der Waals surface area (Å²) in [4.78, 5) is 24.3. The lowest BCUT2D eigenvalue weighted by molar-refractivity contribution is -0.156. The van der Waals surface area contributed by atoms with Crippen molar-refractivity contribution < 1.29 is 19.4 Å². The van der Waals surface area contributed by atoms with E-state index in [1.165, 1.54) is 0 Å². The van der Waals surface area contributed by atoms with Gasteiger partial charge in [-0.25, -0.2) is 0 Å². The van der Waals surface area contributed by atoms with Crippen molar-refractivity contribution in [3.63, 3.8) is 0 Å². The standard InChI is InChI=1S/C18H24Cl2O4S/c1-10(2)6-12-13(20)7-11(19)8-14(12)25-15(17(22)23)9-16(21)24-18(3,4)5/h7-8,10,15H,6,9H2,1-5H3,(H,22,23)/t15-/m0/s1. The highest BCUT2D eigenvalue weighted by Gasteiger charge is 2.27. The topological polar surface area (TPSA) is 63.6 Å². The highest BCUT2D eigenvalue weighted by Crippen LogP contribution is 2.37. The van der Waals surface area contributed by atoms with Crippen molar-refractivity contribution in [3.05, 3.63) is 27.7 Å². The van der Waals surface area contributed by atoms with Gasteiger partial charge < -0.3 is 9.84 Å². The van der Waals surface area contributed by atoms with E-state index in [0.29, 0.717) is 27.3 Å². The van der Waals surface area contributed by atoms with E-state index in [-0.39, 0.29) is 6.42 Å². The van der Waals surface area contributed by atoms with Gasteiger partial charge in [-0.3, -0.25) is 9.59 Å². The van der Waals surface area contributed by atoms with E-state index >= 15 is 0 Å². The van der Waals surface area contributed by atoms with Crippen LogP contribution in [-0.4, -0.2) is 27.9 Å². The molecule has 140 valence electrons. The van der Waals surface area contributed by atoms with Gasteiger partial charge in [0.15, 0.2) is 0 Å². The van der Waals surface area contributed by atoms with Crippen LogP contribution < -0.4 is 0 Å². The molecule has 0 aliphatic rings. The number of esters is 1. The molecule has 1 aromatic carbocycles. The lowest BCUT2D eigenvalue weighted by atomic mass is 10.0. The summed E-state index contributed by atoms with van der Waals surface area (Å²) >= 11 is 13.5. The summed E-state index contributed by atoms with van der Waals surface area (Å²) in [5.41, 5.74) is 0.189. The van der Waals surface area contributed by atoms with Crippen LogP contribution in [0.3, 0.4) is 0 Å². The number of rotatable bonds is 7. The van der Waals surface area contributed by atoms with Gasteiger partial charge in [0.05, 0.1) is 6.42 Å². The van der Waals surface area contributed by atoms with Crippen LogP contribution in [0.5, 0.6) is 0 Å². The number of hydrogen-bond donors (Lipinski definition) is 1. The summed E-state index contributed by atoms with van der Waals surface area (Å²) in [6.07, 6.45) is 0.458. The van der Waals surface area contributed by atoms with Gasteiger partial charge in [0.2, 0.25) is 0 Å². The van der Waals surface area contributed by atoms with Crippen molar-refractivity contribution in [2.24, 2.45) is 5.92 Å². The van der Waals surface area contributed by atoms with Crippen molar-refractivity contribution in [1.29, 1.82) is 0 Å². The Kier molecular flexibility index (Phi) is 8.10. The van der Waals surface area contributed by atoms with Gasteiger partial charge in [-0.05, 0) is 50.8 Å². The molecular weight excluding hydrogens is 383 g/mol. The highest BCUT2D eigenvalue weighted by molar-refractivity contribution is 8.00. The molecule has 1 aromatic rings. The predicted molar refractivity (Wildman–Crippen MR) is 103 cm³/mol. The summed E-state index contributed by atoms with van der Waals surface area (Å²) in [5, 5.41) is 9.46. The number of carbonyl (C=O) groups is 2. The first-order valence-corrected chi connectivity index (χ1v) is 9.62. The van der Waals surface area contributed by atoms with Crippen LogP contribution in [0.4, 0.5) is 0 Å². The van der Waals surface area contributed by atoms with E-state index in [1.54, 1.807) is 32.9 Å². The molecule has 1 rings (SSSR count). The third-order valence-corrected chi connectivity index (χ3v) is 4.87. The third-order valence-electron chi connectivity index (χ3n) is 3.05. The molecule has 0 fully saturated rings. The number of benzene rings is 1. The van der Waals surface area contributed by atoms with Gasteiger partial charge in [-0.1, -0.05) is 37.0 Å². The molecule has 0 bridgehead atoms. The fraction of sp³-hybridized carbons (Fsp3) is 0.556. The number of carboxylic acid groups (broad SMARTS) is 1. The number of thioether (sulfide) groups is 1. The van der Waals surface area contributed by atoms with E-state index in [4.69, 9.17) is 27.9 Å². The zero-order valence-electron chi connectivity index (χ0n) is 15.1. The first-order chi connectivity index (χ1) is 11.4. The van der Waals surface area contributed by atoms with Gasteiger partial charge in [-0.15, -0.1) is 11.8 Å². The Balaban J connectivity index is 3.06. The summed E-state index contributed by atoms with van der Waals surface area (Å²) in [5.74, 6) is -1.29. The fourth-order valence-electron chi connectivity index (χ4n) is 2.16. The zero-order valence-corrected chi connectivity index (χ0v) is 17.4. The molecule has 0 aromatic heterocycles. The average Bonchev–Trinajstić information content (AvgIpc) is 2.39. The van der Waals surface area contributed by atoms with Gasteiger partial charge in [0.25, 0.3) is 0 Å². The molecule has 0 saturated heterocycles. The Labute approximate surface area is 163 Å². The number of carboxylic acids is 1. The Bertz CT molecular complexity index is 639. The van der Waals surface area contributed by atoms with Crippen LogP contribution in [0.2, 0.25) is 10.0 Å². The lowest BCUT2D eigenvalue weighted by Gasteiger charge is -2.21. The van der Waals surface area contributed by atoms with Crippen molar-refractivity contribution in [1.82, 2.24) is 0 Å². The van der Waals surface area contributed by atoms with Gasteiger partial charge in [0.1, 0.15) is 10.9 Å². The van der Waals surface area contributed by atoms with E-state index < -0.39 is 22.8 Å². The van der Waals surface area contributed by atoms with Crippen LogP contribution in [-0.2, 0) is 20.7 Å². The smallest absolute Gasteiger partial charge is 0.317 e. The molecule has 0 unspecified atom stereocenters. The summed E-state index contributed by atoms with van der Waals surface area (Å²) in [6, 6.07) is 3.34. The van der Waals surface area contributed by atoms with Crippen molar-refractivity contribution in [2.75, 3.05) is 0 Å². The quantitative estimate of drug-likeness (QED) is 0.480. The Morgan fingerprint density at radius 1 is 1.24 bits per heavy atom. The van der Waals surface area contributed by atoms with Crippen LogP contribution >= 0.6 is 35.0 Å². The minimum atomic E-state index is -1.08. The molecule has 0 aliphatic heterocycles. The van der Waals surface area contributed by atoms with Crippen LogP contribution in [0.25, 0.3) is 0 Å². The average molecular weight is 407 g/mol. The Morgan fingerprint density at radius 2 is 1.84 bits per heavy atom. The maximum Gasteiger partial charge on any atom is 0.317 e. The summed E-state index contributed by atoms with van der Waals surface area (Å²) < 4.78 is 5.23. The number of aliphatic carboxylic acids is 1. The van der Waals surface area contributed by atoms with E-state index in [9.17, 15) is 14.7 Å². The van der Waals surface area contributed by atoms with Crippen molar-refractivity contribution in [3.8, 4) is 0 Å². The molecule has 0 aliphatic carbocycles. The SMILES string of the molecule is CC(C)Cc1c(Cl)cc(Cl)cc1S[C@@H](CC(=O)OC(C)(C)C)C(=O)O. The molecule has 0 saturated carbocycles. The summed E-state index contributed by atoms with van der Waals surface area (Å²) in [6.45, 7) is 9.32. The molecular formula is C18H24Cl2O4S. The maximum absolute atomic E-state index is 12.0. The molecule has 0 heterocycles. The van der Waals surface area contributed by atoms with Gasteiger partial charge >= 0.3 is 11.9 Å². The van der Waals surface area contributed by atoms with Crippen molar-refractivity contribution >= 4 is 46.9 Å². The molecule has 4 nitrogen and oxygen atoms in total. The second kappa shape index (κ2) is 9.15. The molecule has 1 N–H and O–H groups in total. The molecule has 1 atom stereocenters. The maximum atomic E-state index is 12.0. The number of ether oxygens (including phenoxy) is 1. The lowest BCUT2D eigenvalue weighted by Crippen LogP contribution is -2.28. The van der Waals surface area contributed by atoms with E-state index in [1.807, 2.05) is 0 Å². The normalized spacial score (nSPS) is 13.0. The second-order valence-corrected chi connectivity index (χ2v) is 9.29. The predicted octanol–water partition coefficient (Wildman–Crippen LogP) is 5.47. The van der Waals surface area contributed by atoms with Crippen molar-refractivity contribution in [2.45, 2.75) is 63.2 Å². The van der Waals surface area contributed by atoms with Crippen LogP contribution in [0, 0.1) is 5.92 Å². The Morgan fingerprint density at radius 3 is 2.32 bits per heavy atom. The number of hydrogen-bond acceptors (Lipinski definition) is 4. The molecule has 25 heavy (non-hydrogen) atoms. The summed E-state index contributed by atoms with van der Waals surface area (Å²) in [7, 11) is 0. The fourth-order valence-corrected chi connectivity index (χ4v) is 4.01. The number of carbonyl (C=O) groups excluding carboxylic acids is 1. The molecule has 0 radical (unpaired) electrons. The molecule has 0 amide bonds. The second-order valence-electron chi connectivity index (χ2n) is 7.20. The monoisotopic (exact) mass is 406 g/mol. The molecule has 0 spiro atoms. The van der Waals surface area contributed by atoms with Crippen LogP contribution in [0.15, 0.2) is 17.0 Å². The first kappa shape index (κ1) is 22.1. The first-order valence-electron chi connectivity index (χ1n) is 7.98. The third kappa shape index (κ3) is 7.89. The number of halogens is 2. The van der Waals surface area contributed by atoms with Gasteiger partial charge in [0, 0.05) is 14.9 Å². The Hall–Kier alpha value is -0.910.